The van der Waals surface area contributed by atoms with Crippen LogP contribution in [0.15, 0.2) is 36.4 Å². The van der Waals surface area contributed by atoms with Crippen molar-refractivity contribution in [2.45, 2.75) is 37.7 Å². The molecule has 1 fully saturated rings. The molecular formula is C19H22FNO4. The van der Waals surface area contributed by atoms with E-state index in [1.54, 1.807) is 4.90 Å². The van der Waals surface area contributed by atoms with E-state index in [0.717, 1.165) is 12.8 Å². The first-order valence-corrected chi connectivity index (χ1v) is 8.61. The van der Waals surface area contributed by atoms with Gasteiger partial charge in [-0.1, -0.05) is 18.2 Å². The van der Waals surface area contributed by atoms with Crippen molar-refractivity contribution < 1.29 is 23.8 Å². The number of allylic oxidation sites excluding steroid dienone is 2. The standard InChI is InChI=1S/C19H22FNO4/c20-15-6-3-7-16(13-15)25-19(18(23)24)8-10-21(11-9-19)17(22)12-14-4-1-2-5-14/h1,3-4,6-7,13-14H,2,5,8-12H2,(H,23,24)/t14-/m1/s1. The van der Waals surface area contributed by atoms with Crippen LogP contribution in [0.5, 0.6) is 5.75 Å². The van der Waals surface area contributed by atoms with E-state index < -0.39 is 17.4 Å². The molecule has 0 bridgehead atoms. The predicted octanol–water partition coefficient (Wildman–Crippen LogP) is 3.01. The van der Waals surface area contributed by atoms with Crippen molar-refractivity contribution in [1.82, 2.24) is 4.90 Å². The van der Waals surface area contributed by atoms with Gasteiger partial charge in [0.2, 0.25) is 11.5 Å². The van der Waals surface area contributed by atoms with Gasteiger partial charge in [0.1, 0.15) is 11.6 Å². The minimum absolute atomic E-state index is 0.0568. The molecule has 1 N–H and O–H groups in total. The van der Waals surface area contributed by atoms with Crippen molar-refractivity contribution >= 4 is 11.9 Å². The molecule has 0 unspecified atom stereocenters. The van der Waals surface area contributed by atoms with Crippen LogP contribution in [0.25, 0.3) is 0 Å². The second-order valence-electron chi connectivity index (χ2n) is 6.71. The van der Waals surface area contributed by atoms with E-state index in [4.69, 9.17) is 4.74 Å². The number of hydrogen-bond donors (Lipinski definition) is 1. The summed E-state index contributed by atoms with van der Waals surface area (Å²) in [5.41, 5.74) is -1.42. The Morgan fingerprint density at radius 2 is 2.08 bits per heavy atom. The first kappa shape index (κ1) is 17.5. The Bertz CT molecular complexity index is 680. The van der Waals surface area contributed by atoms with E-state index in [9.17, 15) is 19.1 Å². The van der Waals surface area contributed by atoms with Gasteiger partial charge in [-0.25, -0.2) is 9.18 Å². The van der Waals surface area contributed by atoms with Crippen LogP contribution < -0.4 is 4.74 Å². The van der Waals surface area contributed by atoms with Crippen LogP contribution in [0, 0.1) is 11.7 Å². The number of carbonyl (C=O) groups excluding carboxylic acids is 1. The van der Waals surface area contributed by atoms with Crippen molar-refractivity contribution in [2.24, 2.45) is 5.92 Å². The Morgan fingerprint density at radius 1 is 1.32 bits per heavy atom. The van der Waals surface area contributed by atoms with E-state index in [1.807, 2.05) is 0 Å². The zero-order chi connectivity index (χ0) is 17.9. The minimum Gasteiger partial charge on any atom is -0.478 e. The molecule has 3 rings (SSSR count). The first-order chi connectivity index (χ1) is 12.0. The lowest BCUT2D eigenvalue weighted by Gasteiger charge is -2.39. The number of rotatable bonds is 5. The highest BCUT2D eigenvalue weighted by Gasteiger charge is 2.45. The van der Waals surface area contributed by atoms with Gasteiger partial charge in [-0.3, -0.25) is 4.79 Å². The van der Waals surface area contributed by atoms with Gasteiger partial charge < -0.3 is 14.7 Å². The number of amides is 1. The summed E-state index contributed by atoms with van der Waals surface area (Å²) in [5, 5.41) is 9.64. The summed E-state index contributed by atoms with van der Waals surface area (Å²) in [6.45, 7) is 0.660. The smallest absolute Gasteiger partial charge is 0.348 e. The number of likely N-dealkylation sites (tertiary alicyclic amines) is 1. The number of carboxylic acid groups (broad SMARTS) is 1. The molecule has 1 atom stereocenters. The average molecular weight is 347 g/mol. The topological polar surface area (TPSA) is 66.8 Å². The van der Waals surface area contributed by atoms with Gasteiger partial charge in [-0.15, -0.1) is 0 Å². The van der Waals surface area contributed by atoms with E-state index in [-0.39, 0.29) is 24.5 Å². The molecule has 1 aromatic rings. The quantitative estimate of drug-likeness (QED) is 0.832. The molecule has 1 aromatic carbocycles. The van der Waals surface area contributed by atoms with Crippen LogP contribution in [0.3, 0.4) is 0 Å². The average Bonchev–Trinajstić information content (AvgIpc) is 3.08. The van der Waals surface area contributed by atoms with E-state index in [0.29, 0.717) is 25.4 Å². The van der Waals surface area contributed by atoms with Gasteiger partial charge in [0.05, 0.1) is 0 Å². The van der Waals surface area contributed by atoms with Gasteiger partial charge >= 0.3 is 5.97 Å². The molecule has 25 heavy (non-hydrogen) atoms. The molecule has 5 nitrogen and oxygen atoms in total. The number of aliphatic carboxylic acids is 1. The number of piperidine rings is 1. The van der Waals surface area contributed by atoms with E-state index >= 15 is 0 Å². The van der Waals surface area contributed by atoms with Crippen LogP contribution in [0.1, 0.15) is 32.1 Å². The highest BCUT2D eigenvalue weighted by Crippen LogP contribution is 2.31. The highest BCUT2D eigenvalue weighted by atomic mass is 19.1. The molecule has 0 saturated carbocycles. The molecule has 1 heterocycles. The maximum atomic E-state index is 13.3. The zero-order valence-electron chi connectivity index (χ0n) is 14.0. The monoisotopic (exact) mass is 347 g/mol. The summed E-state index contributed by atoms with van der Waals surface area (Å²) in [7, 11) is 0. The van der Waals surface area contributed by atoms with Crippen molar-refractivity contribution in [3.63, 3.8) is 0 Å². The molecule has 1 aliphatic heterocycles. The highest BCUT2D eigenvalue weighted by molar-refractivity contribution is 5.80. The Balaban J connectivity index is 1.63. The number of ether oxygens (including phenoxy) is 1. The lowest BCUT2D eigenvalue weighted by Crippen LogP contribution is -2.54. The zero-order valence-corrected chi connectivity index (χ0v) is 14.0. The third-order valence-electron chi connectivity index (χ3n) is 4.97. The van der Waals surface area contributed by atoms with Crippen molar-refractivity contribution in [3.05, 3.63) is 42.2 Å². The Hall–Kier alpha value is -2.37. The molecule has 2 aliphatic rings. The van der Waals surface area contributed by atoms with Crippen molar-refractivity contribution in [2.75, 3.05) is 13.1 Å². The second-order valence-corrected chi connectivity index (χ2v) is 6.71. The van der Waals surface area contributed by atoms with Crippen LogP contribution >= 0.6 is 0 Å². The summed E-state index contributed by atoms with van der Waals surface area (Å²) < 4.78 is 19.0. The van der Waals surface area contributed by atoms with Crippen LogP contribution in [-0.2, 0) is 9.59 Å². The lowest BCUT2D eigenvalue weighted by molar-refractivity contribution is -0.162. The van der Waals surface area contributed by atoms with Crippen LogP contribution in [0.2, 0.25) is 0 Å². The summed E-state index contributed by atoms with van der Waals surface area (Å²) in [6, 6.07) is 5.47. The molecule has 1 amide bonds. The van der Waals surface area contributed by atoms with Gasteiger partial charge in [0, 0.05) is 38.4 Å². The number of carbonyl (C=O) groups is 2. The largest absolute Gasteiger partial charge is 0.478 e. The lowest BCUT2D eigenvalue weighted by atomic mass is 9.90. The fourth-order valence-electron chi connectivity index (χ4n) is 3.45. The molecule has 134 valence electrons. The first-order valence-electron chi connectivity index (χ1n) is 8.61. The Morgan fingerprint density at radius 3 is 2.68 bits per heavy atom. The number of carboxylic acids is 1. The van der Waals surface area contributed by atoms with Crippen molar-refractivity contribution in [1.29, 1.82) is 0 Å². The molecule has 1 aliphatic carbocycles. The van der Waals surface area contributed by atoms with E-state index in [2.05, 4.69) is 12.2 Å². The van der Waals surface area contributed by atoms with E-state index in [1.165, 1.54) is 24.3 Å². The van der Waals surface area contributed by atoms with Crippen molar-refractivity contribution in [3.8, 4) is 5.75 Å². The van der Waals surface area contributed by atoms with Gasteiger partial charge in [0.15, 0.2) is 0 Å². The van der Waals surface area contributed by atoms with Gasteiger partial charge in [-0.05, 0) is 30.9 Å². The maximum Gasteiger partial charge on any atom is 0.348 e. The second kappa shape index (κ2) is 7.25. The predicted molar refractivity (Wildman–Crippen MR) is 89.7 cm³/mol. The van der Waals surface area contributed by atoms with Crippen LogP contribution in [0.4, 0.5) is 4.39 Å². The fourth-order valence-corrected chi connectivity index (χ4v) is 3.45. The molecule has 0 aromatic heterocycles. The third-order valence-corrected chi connectivity index (χ3v) is 4.97. The molecule has 0 spiro atoms. The molecule has 1 saturated heterocycles. The fraction of sp³-hybridized carbons (Fsp3) is 0.474. The SMILES string of the molecule is O=C(C[C@@H]1C=CCC1)N1CCC(Oc2cccc(F)c2)(C(=O)O)CC1. The summed E-state index contributed by atoms with van der Waals surface area (Å²) in [6.07, 6.45) is 7.03. The van der Waals surface area contributed by atoms with Gasteiger partial charge in [-0.2, -0.15) is 0 Å². The third kappa shape index (κ3) is 4.00. The Labute approximate surface area is 146 Å². The summed E-state index contributed by atoms with van der Waals surface area (Å²) >= 11 is 0. The normalized spacial score (nSPS) is 22.0. The molecule has 0 radical (unpaired) electrons. The maximum absolute atomic E-state index is 13.3. The number of nitrogens with zero attached hydrogens (tertiary/aromatic N) is 1. The number of benzene rings is 1. The number of hydrogen-bond acceptors (Lipinski definition) is 3. The minimum atomic E-state index is -1.42. The summed E-state index contributed by atoms with van der Waals surface area (Å²) in [5.74, 6) is -1.01. The summed E-state index contributed by atoms with van der Waals surface area (Å²) in [4.78, 5) is 25.9. The molecular weight excluding hydrogens is 325 g/mol. The van der Waals surface area contributed by atoms with Gasteiger partial charge in [0.25, 0.3) is 0 Å². The number of halogens is 1. The Kier molecular flexibility index (Phi) is 5.06. The van der Waals surface area contributed by atoms with Crippen LogP contribution in [-0.4, -0.2) is 40.6 Å². The molecule has 6 heteroatoms.